The van der Waals surface area contributed by atoms with Crippen molar-refractivity contribution in [2.24, 2.45) is 5.92 Å². The van der Waals surface area contributed by atoms with Gasteiger partial charge in [-0.2, -0.15) is 0 Å². The number of benzene rings is 1. The van der Waals surface area contributed by atoms with Gasteiger partial charge in [-0.1, -0.05) is 52.0 Å². The molecule has 116 valence electrons. The molecule has 3 nitrogen and oxygen atoms in total. The van der Waals surface area contributed by atoms with Crippen molar-refractivity contribution in [3.8, 4) is 0 Å². The van der Waals surface area contributed by atoms with Gasteiger partial charge in [-0.05, 0) is 41.8 Å². The molecule has 0 heterocycles. The number of esters is 1. The van der Waals surface area contributed by atoms with Crippen molar-refractivity contribution >= 4 is 5.97 Å². The van der Waals surface area contributed by atoms with Crippen LogP contribution in [0.3, 0.4) is 0 Å². The van der Waals surface area contributed by atoms with Crippen LogP contribution in [-0.4, -0.2) is 19.6 Å². The summed E-state index contributed by atoms with van der Waals surface area (Å²) in [5, 5.41) is 3.50. The molecule has 0 saturated carbocycles. The number of methoxy groups -OCH3 is 1. The van der Waals surface area contributed by atoms with Gasteiger partial charge in [-0.15, -0.1) is 0 Å². The summed E-state index contributed by atoms with van der Waals surface area (Å²) in [7, 11) is 1.48. The van der Waals surface area contributed by atoms with Crippen LogP contribution in [0.25, 0.3) is 0 Å². The van der Waals surface area contributed by atoms with Crippen molar-refractivity contribution in [1.29, 1.82) is 0 Å². The number of hydrogen-bond acceptors (Lipinski definition) is 3. The van der Waals surface area contributed by atoms with Crippen molar-refractivity contribution in [2.75, 3.05) is 13.7 Å². The molecule has 1 aliphatic carbocycles. The minimum absolute atomic E-state index is 0.0909. The van der Waals surface area contributed by atoms with Crippen LogP contribution in [0.15, 0.2) is 24.3 Å². The summed E-state index contributed by atoms with van der Waals surface area (Å²) in [5.41, 5.74) is 1.71. The molecule has 0 aromatic heterocycles. The Balaban J connectivity index is 2.53. The van der Waals surface area contributed by atoms with Crippen LogP contribution in [0, 0.1) is 5.92 Å². The SMILES string of the molecule is COC(=O)C1(NCC(C)C)CCC(C)(C)c2ccccc21. The van der Waals surface area contributed by atoms with Gasteiger partial charge >= 0.3 is 5.97 Å². The van der Waals surface area contributed by atoms with E-state index < -0.39 is 5.54 Å². The quantitative estimate of drug-likeness (QED) is 0.864. The van der Waals surface area contributed by atoms with E-state index in [1.54, 1.807) is 0 Å². The molecule has 0 aliphatic heterocycles. The maximum atomic E-state index is 12.6. The van der Waals surface area contributed by atoms with E-state index in [1.807, 2.05) is 6.07 Å². The van der Waals surface area contributed by atoms with Gasteiger partial charge in [0.2, 0.25) is 0 Å². The van der Waals surface area contributed by atoms with Gasteiger partial charge in [-0.3, -0.25) is 5.32 Å². The Labute approximate surface area is 128 Å². The highest BCUT2D eigenvalue weighted by molar-refractivity contribution is 5.84. The molecular formula is C18H27NO2. The van der Waals surface area contributed by atoms with Crippen molar-refractivity contribution in [3.05, 3.63) is 35.4 Å². The van der Waals surface area contributed by atoms with Crippen LogP contribution >= 0.6 is 0 Å². The lowest BCUT2D eigenvalue weighted by Gasteiger charge is -2.44. The highest BCUT2D eigenvalue weighted by Gasteiger charge is 2.48. The third-order valence-electron chi connectivity index (χ3n) is 4.59. The minimum Gasteiger partial charge on any atom is -0.467 e. The topological polar surface area (TPSA) is 38.3 Å². The molecule has 1 aromatic rings. The number of carbonyl (C=O) groups is 1. The molecule has 0 fully saturated rings. The molecular weight excluding hydrogens is 262 g/mol. The summed E-state index contributed by atoms with van der Waals surface area (Å²) < 4.78 is 5.15. The van der Waals surface area contributed by atoms with E-state index in [4.69, 9.17) is 4.74 Å². The smallest absolute Gasteiger partial charge is 0.330 e. The van der Waals surface area contributed by atoms with Gasteiger partial charge in [0, 0.05) is 0 Å². The normalized spacial score (nSPS) is 23.7. The average molecular weight is 289 g/mol. The van der Waals surface area contributed by atoms with E-state index >= 15 is 0 Å². The molecule has 1 atom stereocenters. The van der Waals surface area contributed by atoms with E-state index in [0.717, 1.165) is 24.9 Å². The highest BCUT2D eigenvalue weighted by atomic mass is 16.5. The first kappa shape index (κ1) is 16.0. The van der Waals surface area contributed by atoms with Crippen molar-refractivity contribution in [2.45, 2.75) is 51.5 Å². The maximum absolute atomic E-state index is 12.6. The number of nitrogens with one attached hydrogen (secondary N) is 1. The van der Waals surface area contributed by atoms with Crippen LogP contribution in [0.5, 0.6) is 0 Å². The van der Waals surface area contributed by atoms with Crippen molar-refractivity contribution in [1.82, 2.24) is 5.32 Å². The third kappa shape index (κ3) is 2.84. The Bertz CT molecular complexity index is 522. The predicted octanol–water partition coefficient (Wildman–Crippen LogP) is 3.37. The Hall–Kier alpha value is -1.35. The largest absolute Gasteiger partial charge is 0.467 e. The van der Waals surface area contributed by atoms with Crippen molar-refractivity contribution in [3.63, 3.8) is 0 Å². The Morgan fingerprint density at radius 1 is 1.24 bits per heavy atom. The summed E-state index contributed by atoms with van der Waals surface area (Å²) in [6.45, 7) is 9.59. The maximum Gasteiger partial charge on any atom is 0.330 e. The molecule has 0 saturated heterocycles. The number of ether oxygens (including phenoxy) is 1. The second-order valence-corrected chi connectivity index (χ2v) is 7.10. The van der Waals surface area contributed by atoms with Gasteiger partial charge < -0.3 is 4.74 Å². The zero-order valence-electron chi connectivity index (χ0n) is 13.8. The number of fused-ring (bicyclic) bond motifs is 1. The number of rotatable bonds is 4. The second-order valence-electron chi connectivity index (χ2n) is 7.10. The lowest BCUT2D eigenvalue weighted by Crippen LogP contribution is -2.54. The Morgan fingerprint density at radius 2 is 1.86 bits per heavy atom. The minimum atomic E-state index is -0.703. The first-order valence-corrected chi connectivity index (χ1v) is 7.77. The summed E-state index contributed by atoms with van der Waals surface area (Å²) in [6, 6.07) is 8.27. The van der Waals surface area contributed by atoms with Gasteiger partial charge in [0.25, 0.3) is 0 Å². The van der Waals surface area contributed by atoms with Crippen molar-refractivity contribution < 1.29 is 9.53 Å². The van der Waals surface area contributed by atoms with Crippen LogP contribution in [0.4, 0.5) is 0 Å². The molecule has 0 amide bonds. The zero-order chi connectivity index (χ0) is 15.7. The van der Waals surface area contributed by atoms with Crippen LogP contribution in [0.2, 0.25) is 0 Å². The van der Waals surface area contributed by atoms with Crippen LogP contribution < -0.4 is 5.32 Å². The monoisotopic (exact) mass is 289 g/mol. The molecule has 0 radical (unpaired) electrons. The fraction of sp³-hybridized carbons (Fsp3) is 0.611. The standard InChI is InChI=1S/C18H27NO2/c1-13(2)12-19-18(16(20)21-5)11-10-17(3,4)14-8-6-7-9-15(14)18/h6-9,13,19H,10-12H2,1-5H3. The van der Waals surface area contributed by atoms with E-state index in [0.29, 0.717) is 5.92 Å². The highest BCUT2D eigenvalue weighted by Crippen LogP contribution is 2.45. The molecule has 1 unspecified atom stereocenters. The van der Waals surface area contributed by atoms with E-state index in [1.165, 1.54) is 12.7 Å². The summed E-state index contributed by atoms with van der Waals surface area (Å²) in [6.07, 6.45) is 1.74. The van der Waals surface area contributed by atoms with Gasteiger partial charge in [-0.25, -0.2) is 4.79 Å². The molecule has 1 aromatic carbocycles. The van der Waals surface area contributed by atoms with Gasteiger partial charge in [0.15, 0.2) is 0 Å². The van der Waals surface area contributed by atoms with E-state index in [9.17, 15) is 4.79 Å². The Kier molecular flexibility index (Phi) is 4.43. The predicted molar refractivity (Wildman–Crippen MR) is 85.2 cm³/mol. The summed E-state index contributed by atoms with van der Waals surface area (Å²) in [4.78, 5) is 12.6. The van der Waals surface area contributed by atoms with Crippen LogP contribution in [-0.2, 0) is 20.5 Å². The fourth-order valence-corrected chi connectivity index (χ4v) is 3.24. The molecule has 0 bridgehead atoms. The number of carbonyl (C=O) groups excluding carboxylic acids is 1. The molecule has 21 heavy (non-hydrogen) atoms. The van der Waals surface area contributed by atoms with E-state index in [2.05, 4.69) is 51.2 Å². The first-order valence-electron chi connectivity index (χ1n) is 7.77. The first-order chi connectivity index (χ1) is 9.83. The third-order valence-corrected chi connectivity index (χ3v) is 4.59. The number of hydrogen-bond donors (Lipinski definition) is 1. The Morgan fingerprint density at radius 3 is 2.43 bits per heavy atom. The molecule has 1 N–H and O–H groups in total. The second kappa shape index (κ2) is 5.80. The average Bonchev–Trinajstić information content (AvgIpc) is 2.46. The molecule has 0 spiro atoms. The molecule has 3 heteroatoms. The van der Waals surface area contributed by atoms with E-state index in [-0.39, 0.29) is 11.4 Å². The van der Waals surface area contributed by atoms with Gasteiger partial charge in [0.1, 0.15) is 5.54 Å². The summed E-state index contributed by atoms with van der Waals surface area (Å²) in [5.74, 6) is 0.305. The fourth-order valence-electron chi connectivity index (χ4n) is 3.24. The molecule has 1 aliphatic rings. The van der Waals surface area contributed by atoms with Crippen LogP contribution in [0.1, 0.15) is 51.7 Å². The lowest BCUT2D eigenvalue weighted by atomic mass is 9.65. The zero-order valence-corrected chi connectivity index (χ0v) is 13.8. The summed E-state index contributed by atoms with van der Waals surface area (Å²) >= 11 is 0. The van der Waals surface area contributed by atoms with Gasteiger partial charge in [0.05, 0.1) is 7.11 Å². The molecule has 2 rings (SSSR count). The lowest BCUT2D eigenvalue weighted by molar-refractivity contribution is -0.150.